The van der Waals surface area contributed by atoms with Crippen molar-refractivity contribution < 1.29 is 23.8 Å². The SMILES string of the molecule is CC(=O)O[C@@H]1COc2cc3oc(C)cc(=O)c3c(O)c2C1. The molecule has 6 heteroatoms. The molecule has 0 saturated heterocycles. The zero-order valence-corrected chi connectivity index (χ0v) is 11.6. The number of hydrogen-bond donors (Lipinski definition) is 1. The molecule has 1 aliphatic rings. The monoisotopic (exact) mass is 290 g/mol. The van der Waals surface area contributed by atoms with E-state index >= 15 is 0 Å². The molecule has 2 heterocycles. The van der Waals surface area contributed by atoms with E-state index in [1.54, 1.807) is 13.0 Å². The molecule has 3 rings (SSSR count). The van der Waals surface area contributed by atoms with E-state index in [9.17, 15) is 14.7 Å². The second-order valence-electron chi connectivity index (χ2n) is 5.04. The van der Waals surface area contributed by atoms with Crippen molar-refractivity contribution >= 4 is 16.9 Å². The Bertz CT molecular complexity index is 789. The van der Waals surface area contributed by atoms with Gasteiger partial charge < -0.3 is 19.0 Å². The Kier molecular flexibility index (Phi) is 3.08. The number of aromatic hydroxyl groups is 1. The van der Waals surface area contributed by atoms with Gasteiger partial charge >= 0.3 is 5.97 Å². The molecule has 0 radical (unpaired) electrons. The van der Waals surface area contributed by atoms with Crippen LogP contribution in [0.15, 0.2) is 21.3 Å². The highest BCUT2D eigenvalue weighted by Gasteiger charge is 2.27. The normalized spacial score (nSPS) is 17.1. The number of phenolic OH excluding ortho intramolecular Hbond substituents is 1. The molecule has 1 N–H and O–H groups in total. The van der Waals surface area contributed by atoms with E-state index in [0.29, 0.717) is 23.5 Å². The zero-order chi connectivity index (χ0) is 15.1. The zero-order valence-electron chi connectivity index (χ0n) is 11.6. The molecule has 0 amide bonds. The van der Waals surface area contributed by atoms with Gasteiger partial charge in [-0.2, -0.15) is 0 Å². The summed E-state index contributed by atoms with van der Waals surface area (Å²) in [6.07, 6.45) is -0.180. The number of carbonyl (C=O) groups is 1. The molecule has 0 aliphatic carbocycles. The standard InChI is InChI=1S/C15H14O6/c1-7-3-11(17)14-13(20-7)5-12-10(15(14)18)4-9(6-19-12)21-8(2)16/h3,5,9,18H,4,6H2,1-2H3/t9-/m0/s1. The summed E-state index contributed by atoms with van der Waals surface area (Å²) in [7, 11) is 0. The van der Waals surface area contributed by atoms with Crippen LogP contribution in [0, 0.1) is 6.92 Å². The van der Waals surface area contributed by atoms with Crippen LogP contribution in [0.25, 0.3) is 11.0 Å². The lowest BCUT2D eigenvalue weighted by Crippen LogP contribution is -2.30. The first-order valence-electron chi connectivity index (χ1n) is 6.55. The Labute approximate surface area is 119 Å². The average molecular weight is 290 g/mol. The lowest BCUT2D eigenvalue weighted by molar-refractivity contribution is -0.148. The van der Waals surface area contributed by atoms with Crippen molar-refractivity contribution in [3.8, 4) is 11.5 Å². The van der Waals surface area contributed by atoms with E-state index in [1.165, 1.54) is 13.0 Å². The molecule has 1 aliphatic heterocycles. The average Bonchev–Trinajstić information content (AvgIpc) is 2.38. The Morgan fingerprint density at radius 3 is 2.90 bits per heavy atom. The predicted octanol–water partition coefficient (Wildman–Crippen LogP) is 1.67. The molecular formula is C15H14O6. The topological polar surface area (TPSA) is 86.0 Å². The number of ether oxygens (including phenoxy) is 2. The summed E-state index contributed by atoms with van der Waals surface area (Å²) in [4.78, 5) is 23.0. The van der Waals surface area contributed by atoms with Crippen LogP contribution >= 0.6 is 0 Å². The van der Waals surface area contributed by atoms with E-state index < -0.39 is 12.1 Å². The van der Waals surface area contributed by atoms with Crippen LogP contribution in [-0.4, -0.2) is 23.8 Å². The first kappa shape index (κ1) is 13.5. The molecular weight excluding hydrogens is 276 g/mol. The van der Waals surface area contributed by atoms with Crippen molar-refractivity contribution in [1.29, 1.82) is 0 Å². The summed E-state index contributed by atoms with van der Waals surface area (Å²) in [5.41, 5.74) is 0.419. The summed E-state index contributed by atoms with van der Waals surface area (Å²) in [5.74, 6) is 0.313. The molecule has 0 saturated carbocycles. The maximum absolute atomic E-state index is 12.0. The second kappa shape index (κ2) is 4.80. The minimum absolute atomic E-state index is 0.117. The van der Waals surface area contributed by atoms with Gasteiger partial charge in [0.2, 0.25) is 0 Å². The quantitative estimate of drug-likeness (QED) is 0.804. The number of benzene rings is 1. The predicted molar refractivity (Wildman–Crippen MR) is 73.6 cm³/mol. The molecule has 0 spiro atoms. The molecule has 1 atom stereocenters. The first-order chi connectivity index (χ1) is 9.95. The molecule has 0 unspecified atom stereocenters. The summed E-state index contributed by atoms with van der Waals surface area (Å²) < 4.78 is 16.0. The van der Waals surface area contributed by atoms with Gasteiger partial charge in [0.25, 0.3) is 0 Å². The van der Waals surface area contributed by atoms with Gasteiger partial charge in [-0.05, 0) is 6.92 Å². The minimum atomic E-state index is -0.476. The summed E-state index contributed by atoms with van der Waals surface area (Å²) in [6, 6.07) is 2.91. The van der Waals surface area contributed by atoms with Crippen molar-refractivity contribution in [3.63, 3.8) is 0 Å². The maximum atomic E-state index is 12.0. The molecule has 1 aromatic heterocycles. The van der Waals surface area contributed by atoms with Crippen molar-refractivity contribution in [2.24, 2.45) is 0 Å². The molecule has 0 bridgehead atoms. The van der Waals surface area contributed by atoms with E-state index in [0.717, 1.165) is 0 Å². The Morgan fingerprint density at radius 1 is 1.43 bits per heavy atom. The fourth-order valence-corrected chi connectivity index (χ4v) is 2.55. The largest absolute Gasteiger partial charge is 0.507 e. The van der Waals surface area contributed by atoms with Crippen LogP contribution in [0.4, 0.5) is 0 Å². The molecule has 2 aromatic rings. The van der Waals surface area contributed by atoms with Gasteiger partial charge in [-0.3, -0.25) is 9.59 Å². The van der Waals surface area contributed by atoms with Crippen molar-refractivity contribution in [1.82, 2.24) is 0 Å². The van der Waals surface area contributed by atoms with Gasteiger partial charge in [-0.25, -0.2) is 0 Å². The highest BCUT2D eigenvalue weighted by Crippen LogP contribution is 2.38. The third-order valence-electron chi connectivity index (χ3n) is 3.37. The highest BCUT2D eigenvalue weighted by atomic mass is 16.6. The molecule has 1 aromatic carbocycles. The summed E-state index contributed by atoms with van der Waals surface area (Å²) in [6.45, 7) is 3.18. The van der Waals surface area contributed by atoms with Crippen molar-refractivity contribution in [2.45, 2.75) is 26.4 Å². The Hall–Kier alpha value is -2.50. The van der Waals surface area contributed by atoms with Gasteiger partial charge in [-0.15, -0.1) is 0 Å². The van der Waals surface area contributed by atoms with Gasteiger partial charge in [0.1, 0.15) is 40.9 Å². The van der Waals surface area contributed by atoms with Crippen LogP contribution in [0.2, 0.25) is 0 Å². The van der Waals surface area contributed by atoms with Crippen LogP contribution in [0.5, 0.6) is 11.5 Å². The van der Waals surface area contributed by atoms with Gasteiger partial charge in [-0.1, -0.05) is 0 Å². The van der Waals surface area contributed by atoms with Crippen LogP contribution in [-0.2, 0) is 16.0 Å². The number of rotatable bonds is 1. The van der Waals surface area contributed by atoms with Gasteiger partial charge in [0.15, 0.2) is 5.43 Å². The molecule has 6 nitrogen and oxygen atoms in total. The Balaban J connectivity index is 2.14. The third-order valence-corrected chi connectivity index (χ3v) is 3.37. The third kappa shape index (κ3) is 2.33. The summed E-state index contributed by atoms with van der Waals surface area (Å²) in [5, 5.41) is 10.5. The number of fused-ring (bicyclic) bond motifs is 2. The number of aryl methyl sites for hydroxylation is 1. The van der Waals surface area contributed by atoms with Crippen molar-refractivity contribution in [3.05, 3.63) is 33.7 Å². The molecule has 0 fully saturated rings. The van der Waals surface area contributed by atoms with E-state index in [2.05, 4.69) is 0 Å². The van der Waals surface area contributed by atoms with E-state index in [1.807, 2.05) is 0 Å². The fourth-order valence-electron chi connectivity index (χ4n) is 2.55. The van der Waals surface area contributed by atoms with Gasteiger partial charge in [0, 0.05) is 31.0 Å². The van der Waals surface area contributed by atoms with Crippen LogP contribution < -0.4 is 10.2 Å². The first-order valence-corrected chi connectivity index (χ1v) is 6.55. The number of carbonyl (C=O) groups excluding carboxylic acids is 1. The molecule has 21 heavy (non-hydrogen) atoms. The van der Waals surface area contributed by atoms with Gasteiger partial charge in [0.05, 0.1) is 0 Å². The van der Waals surface area contributed by atoms with E-state index in [-0.39, 0.29) is 28.8 Å². The summed E-state index contributed by atoms with van der Waals surface area (Å²) >= 11 is 0. The number of esters is 1. The lowest BCUT2D eigenvalue weighted by atomic mass is 10.0. The van der Waals surface area contributed by atoms with E-state index in [4.69, 9.17) is 13.9 Å². The van der Waals surface area contributed by atoms with Crippen LogP contribution in [0.3, 0.4) is 0 Å². The highest BCUT2D eigenvalue weighted by molar-refractivity contribution is 5.87. The second-order valence-corrected chi connectivity index (χ2v) is 5.04. The number of phenols is 1. The van der Waals surface area contributed by atoms with Crippen LogP contribution in [0.1, 0.15) is 18.2 Å². The maximum Gasteiger partial charge on any atom is 0.303 e. The Morgan fingerprint density at radius 2 is 2.19 bits per heavy atom. The van der Waals surface area contributed by atoms with Crippen molar-refractivity contribution in [2.75, 3.05) is 6.61 Å². The number of hydrogen-bond acceptors (Lipinski definition) is 6. The minimum Gasteiger partial charge on any atom is -0.507 e. The fraction of sp³-hybridized carbons (Fsp3) is 0.333. The molecule has 110 valence electrons. The lowest BCUT2D eigenvalue weighted by Gasteiger charge is -2.25. The smallest absolute Gasteiger partial charge is 0.303 e.